The van der Waals surface area contributed by atoms with Gasteiger partial charge in [0.25, 0.3) is 0 Å². The van der Waals surface area contributed by atoms with E-state index in [0.29, 0.717) is 0 Å². The van der Waals surface area contributed by atoms with Gasteiger partial charge in [-0.05, 0) is 0 Å². The van der Waals surface area contributed by atoms with Gasteiger partial charge in [-0.25, -0.2) is 0 Å². The first kappa shape index (κ1) is 24.7. The van der Waals surface area contributed by atoms with Gasteiger partial charge in [0.2, 0.25) is 12.0 Å². The van der Waals surface area contributed by atoms with Crippen LogP contribution < -0.4 is 14.2 Å². The molecule has 0 amide bonds. The number of aromatic hydroxyl groups is 1. The van der Waals surface area contributed by atoms with Crippen LogP contribution in [0.15, 0.2) is 12.1 Å². The number of methoxy groups -OCH3 is 2. The third kappa shape index (κ3) is 4.71. The van der Waals surface area contributed by atoms with Gasteiger partial charge < -0.3 is 64.2 Å². The molecule has 182 valence electrons. The zero-order chi connectivity index (χ0) is 23.6. The molecule has 0 aromatic heterocycles. The molecule has 8 atom stereocenters. The quantitative estimate of drug-likeness (QED) is 0.206. The molecule has 2 saturated heterocycles. The zero-order valence-electron chi connectivity index (χ0n) is 17.4. The molecule has 2 aliphatic heterocycles. The van der Waals surface area contributed by atoms with Crippen molar-refractivity contribution >= 4 is 0 Å². The Morgan fingerprint density at radius 1 is 1.03 bits per heavy atom. The van der Waals surface area contributed by atoms with E-state index < -0.39 is 61.9 Å². The fourth-order valence-corrected chi connectivity index (χ4v) is 3.40. The van der Waals surface area contributed by atoms with Crippen molar-refractivity contribution in [2.24, 2.45) is 0 Å². The van der Waals surface area contributed by atoms with Crippen LogP contribution in [0.2, 0.25) is 0 Å². The minimum atomic E-state index is -1.90. The number of ether oxygens (including phenoxy) is 6. The largest absolute Gasteiger partial charge is 0.504 e. The van der Waals surface area contributed by atoms with Gasteiger partial charge in [-0.15, -0.1) is 0 Å². The van der Waals surface area contributed by atoms with E-state index in [1.54, 1.807) is 0 Å². The highest BCUT2D eigenvalue weighted by Crippen LogP contribution is 2.41. The van der Waals surface area contributed by atoms with Gasteiger partial charge in [-0.2, -0.15) is 0 Å². The molecule has 1 aromatic carbocycles. The number of hydrogen-bond donors (Lipinski definition) is 7. The standard InChI is InChI=1S/C19H28O13/c1-27-10-4-8(3-9(21)15(10)28-2)31-17-14(24)13(23)12(22)11(32-17)5-29-18-16(25)19(26,6-20)7-30-18/h3-4,11-14,16-18,20-26H,5-7H2,1-2H3/t11-,12-,13+,14-,16+,17?,18?,19?/m1/s1. The summed E-state index contributed by atoms with van der Waals surface area (Å²) in [4.78, 5) is 0. The van der Waals surface area contributed by atoms with Gasteiger partial charge in [0, 0.05) is 12.1 Å². The molecule has 2 aliphatic rings. The Balaban J connectivity index is 1.69. The summed E-state index contributed by atoms with van der Waals surface area (Å²) in [6.45, 7) is -1.56. The van der Waals surface area contributed by atoms with E-state index in [-0.39, 0.29) is 29.6 Å². The topological polar surface area (TPSA) is 197 Å². The molecule has 1 aromatic rings. The SMILES string of the molecule is COc1cc(OC2O[C@H](COC3OCC(O)(CO)[C@H]3O)[C@@H](O)[C@H](O)[C@H]2O)cc(O)c1OC. The first-order valence-corrected chi connectivity index (χ1v) is 9.71. The Morgan fingerprint density at radius 3 is 2.34 bits per heavy atom. The van der Waals surface area contributed by atoms with Crippen molar-refractivity contribution in [1.29, 1.82) is 0 Å². The maximum Gasteiger partial charge on any atom is 0.229 e. The number of phenolic OH excluding ortho intramolecular Hbond substituents is 1. The van der Waals surface area contributed by atoms with Crippen molar-refractivity contribution in [3.05, 3.63) is 12.1 Å². The highest BCUT2D eigenvalue weighted by atomic mass is 16.7. The van der Waals surface area contributed by atoms with Crippen molar-refractivity contribution in [1.82, 2.24) is 0 Å². The summed E-state index contributed by atoms with van der Waals surface area (Å²) in [5, 5.41) is 70.0. The van der Waals surface area contributed by atoms with E-state index in [0.717, 1.165) is 0 Å². The molecule has 0 aliphatic carbocycles. The number of aliphatic hydroxyl groups is 6. The predicted molar refractivity (Wildman–Crippen MR) is 102 cm³/mol. The molecule has 3 unspecified atom stereocenters. The molecule has 2 fully saturated rings. The van der Waals surface area contributed by atoms with E-state index >= 15 is 0 Å². The van der Waals surface area contributed by atoms with E-state index in [1.165, 1.54) is 26.4 Å². The molecule has 13 nitrogen and oxygen atoms in total. The molecule has 32 heavy (non-hydrogen) atoms. The maximum atomic E-state index is 10.3. The van der Waals surface area contributed by atoms with Gasteiger partial charge in [-0.3, -0.25) is 0 Å². The summed E-state index contributed by atoms with van der Waals surface area (Å²) in [6.07, 6.45) is -10.5. The summed E-state index contributed by atoms with van der Waals surface area (Å²) in [5.74, 6) is -0.104. The van der Waals surface area contributed by atoms with Gasteiger partial charge >= 0.3 is 0 Å². The summed E-state index contributed by atoms with van der Waals surface area (Å²) in [7, 11) is 2.68. The summed E-state index contributed by atoms with van der Waals surface area (Å²) >= 11 is 0. The van der Waals surface area contributed by atoms with Crippen molar-refractivity contribution in [3.8, 4) is 23.0 Å². The van der Waals surface area contributed by atoms with Crippen molar-refractivity contribution in [2.45, 2.75) is 48.7 Å². The third-order valence-electron chi connectivity index (χ3n) is 5.36. The van der Waals surface area contributed by atoms with E-state index in [4.69, 9.17) is 28.4 Å². The molecule has 13 heteroatoms. The molecule has 7 N–H and O–H groups in total. The van der Waals surface area contributed by atoms with Crippen LogP contribution in [-0.4, -0.2) is 118 Å². The first-order valence-electron chi connectivity index (χ1n) is 9.71. The molecule has 0 bridgehead atoms. The monoisotopic (exact) mass is 464 g/mol. The van der Waals surface area contributed by atoms with Crippen LogP contribution >= 0.6 is 0 Å². The average molecular weight is 464 g/mol. The van der Waals surface area contributed by atoms with Gasteiger partial charge in [0.1, 0.15) is 41.9 Å². The summed E-state index contributed by atoms with van der Waals surface area (Å²) in [6, 6.07) is 2.54. The normalized spacial score (nSPS) is 37.3. The van der Waals surface area contributed by atoms with Crippen LogP contribution in [0.25, 0.3) is 0 Å². The Morgan fingerprint density at radius 2 is 1.75 bits per heavy atom. The second kappa shape index (κ2) is 9.91. The molecule has 3 rings (SSSR count). The van der Waals surface area contributed by atoms with E-state index in [2.05, 4.69) is 0 Å². The first-order chi connectivity index (χ1) is 15.1. The molecule has 0 spiro atoms. The van der Waals surface area contributed by atoms with Crippen LogP contribution in [0, 0.1) is 0 Å². The van der Waals surface area contributed by atoms with Crippen molar-refractivity contribution in [2.75, 3.05) is 34.0 Å². The second-order valence-corrected chi connectivity index (χ2v) is 7.53. The fourth-order valence-electron chi connectivity index (χ4n) is 3.40. The highest BCUT2D eigenvalue weighted by Gasteiger charge is 2.50. The Hall–Kier alpha value is -1.94. The Kier molecular flexibility index (Phi) is 7.65. The van der Waals surface area contributed by atoms with E-state index in [9.17, 15) is 35.7 Å². The fraction of sp³-hybridized carbons (Fsp3) is 0.684. The van der Waals surface area contributed by atoms with Crippen LogP contribution in [0.5, 0.6) is 23.0 Å². The number of aliphatic hydroxyl groups excluding tert-OH is 5. The predicted octanol–water partition coefficient (Wildman–Crippen LogP) is -2.95. The number of benzene rings is 1. The molecule has 2 heterocycles. The van der Waals surface area contributed by atoms with Crippen LogP contribution in [0.1, 0.15) is 0 Å². The number of phenols is 1. The Bertz CT molecular complexity index is 776. The third-order valence-corrected chi connectivity index (χ3v) is 5.36. The van der Waals surface area contributed by atoms with Crippen molar-refractivity contribution in [3.63, 3.8) is 0 Å². The van der Waals surface area contributed by atoms with Crippen molar-refractivity contribution < 1.29 is 64.2 Å². The molecule has 0 saturated carbocycles. The Labute approximate surface area is 182 Å². The number of rotatable bonds is 8. The minimum absolute atomic E-state index is 0.00927. The van der Waals surface area contributed by atoms with Gasteiger partial charge in [-0.1, -0.05) is 0 Å². The highest BCUT2D eigenvalue weighted by molar-refractivity contribution is 5.55. The smallest absolute Gasteiger partial charge is 0.229 e. The number of hydrogen-bond acceptors (Lipinski definition) is 13. The van der Waals surface area contributed by atoms with Crippen LogP contribution in [0.4, 0.5) is 0 Å². The molecule has 0 radical (unpaired) electrons. The second-order valence-electron chi connectivity index (χ2n) is 7.53. The van der Waals surface area contributed by atoms with E-state index in [1.807, 2.05) is 0 Å². The van der Waals surface area contributed by atoms with Crippen LogP contribution in [-0.2, 0) is 14.2 Å². The zero-order valence-corrected chi connectivity index (χ0v) is 17.4. The minimum Gasteiger partial charge on any atom is -0.504 e. The van der Waals surface area contributed by atoms with Gasteiger partial charge in [0.15, 0.2) is 17.8 Å². The average Bonchev–Trinajstić information content (AvgIpc) is 3.07. The lowest BCUT2D eigenvalue weighted by Crippen LogP contribution is -2.60. The lowest BCUT2D eigenvalue weighted by atomic mass is 9.99. The maximum absolute atomic E-state index is 10.3. The van der Waals surface area contributed by atoms with Crippen LogP contribution in [0.3, 0.4) is 0 Å². The molecular formula is C19H28O13. The summed E-state index contributed by atoms with van der Waals surface area (Å²) in [5.41, 5.74) is -1.90. The lowest BCUT2D eigenvalue weighted by molar-refractivity contribution is -0.289. The summed E-state index contributed by atoms with van der Waals surface area (Å²) < 4.78 is 31.6. The lowest BCUT2D eigenvalue weighted by Gasteiger charge is -2.40. The van der Waals surface area contributed by atoms with Gasteiger partial charge in [0.05, 0.1) is 34.0 Å². The molecular weight excluding hydrogens is 436 g/mol.